The number of hydrogen-bond acceptors (Lipinski definition) is 4. The fourth-order valence-corrected chi connectivity index (χ4v) is 1.88. The lowest BCUT2D eigenvalue weighted by molar-refractivity contribution is 0.0703. The number of hydrogen-bond donors (Lipinski definition) is 1. The quantitative estimate of drug-likeness (QED) is 0.913. The highest BCUT2D eigenvalue weighted by atomic mass is 19.3. The molecule has 0 saturated carbocycles. The molecule has 0 fully saturated rings. The number of halogens is 2. The molecule has 20 heavy (non-hydrogen) atoms. The summed E-state index contributed by atoms with van der Waals surface area (Å²) in [4.78, 5) is 13.4. The van der Waals surface area contributed by atoms with Crippen LogP contribution in [0.3, 0.4) is 0 Å². The first-order valence-electron chi connectivity index (χ1n) is 5.96. The van der Waals surface area contributed by atoms with E-state index in [9.17, 15) is 18.7 Å². The molecule has 2 rings (SSSR count). The summed E-state index contributed by atoms with van der Waals surface area (Å²) in [6.07, 6.45) is -2.16. The summed E-state index contributed by atoms with van der Waals surface area (Å²) in [5.41, 5.74) is 0.470. The van der Waals surface area contributed by atoms with Crippen molar-refractivity contribution >= 4 is 11.6 Å². The van der Waals surface area contributed by atoms with Crippen LogP contribution < -0.4 is 0 Å². The summed E-state index contributed by atoms with van der Waals surface area (Å²) in [5, 5.41) is 16.2. The van der Waals surface area contributed by atoms with E-state index in [0.29, 0.717) is 0 Å². The van der Waals surface area contributed by atoms with E-state index in [2.05, 4.69) is 10.2 Å². The molecule has 0 aliphatic heterocycles. The third kappa shape index (κ3) is 2.74. The number of likely N-dealkylation sites (N-methyl/N-ethyl adjacent to an activating group) is 1. The Balaban J connectivity index is 2.35. The summed E-state index contributed by atoms with van der Waals surface area (Å²) in [6.45, 7) is 1.71. The Morgan fingerprint density at radius 2 is 2.15 bits per heavy atom. The zero-order chi connectivity index (χ0) is 14.9. The molecule has 0 spiro atoms. The lowest BCUT2D eigenvalue weighted by Gasteiger charge is -2.18. The van der Waals surface area contributed by atoms with Gasteiger partial charge in [0.15, 0.2) is 5.65 Å². The van der Waals surface area contributed by atoms with E-state index in [-0.39, 0.29) is 23.7 Å². The number of fused-ring (bicyclic) bond motifs is 1. The van der Waals surface area contributed by atoms with Crippen molar-refractivity contribution in [1.82, 2.24) is 19.5 Å². The number of pyridine rings is 1. The average molecular weight is 284 g/mol. The fraction of sp³-hybridized carbons (Fsp3) is 0.417. The molecule has 2 aromatic rings. The van der Waals surface area contributed by atoms with E-state index in [0.717, 1.165) is 4.40 Å². The second-order valence-electron chi connectivity index (χ2n) is 4.54. The largest absolute Gasteiger partial charge is 0.392 e. The minimum atomic E-state index is -2.77. The Morgan fingerprint density at radius 1 is 1.45 bits per heavy atom. The average Bonchev–Trinajstić information content (AvgIpc) is 2.79. The van der Waals surface area contributed by atoms with Gasteiger partial charge in [-0.1, -0.05) is 0 Å². The van der Waals surface area contributed by atoms with Crippen molar-refractivity contribution < 1.29 is 18.7 Å². The lowest BCUT2D eigenvalue weighted by atomic mass is 10.2. The summed E-state index contributed by atoms with van der Waals surface area (Å²) < 4.78 is 26.6. The number of aliphatic hydroxyl groups is 1. The van der Waals surface area contributed by atoms with Crippen LogP contribution in [0.2, 0.25) is 0 Å². The molecule has 2 heterocycles. The zero-order valence-corrected chi connectivity index (χ0v) is 11.0. The van der Waals surface area contributed by atoms with Crippen LogP contribution in [0, 0.1) is 0 Å². The van der Waals surface area contributed by atoms with Crippen LogP contribution in [0.15, 0.2) is 18.3 Å². The van der Waals surface area contributed by atoms with Crippen molar-refractivity contribution in [2.75, 3.05) is 13.6 Å². The van der Waals surface area contributed by atoms with Gasteiger partial charge in [-0.05, 0) is 19.1 Å². The molecule has 0 aliphatic carbocycles. The zero-order valence-electron chi connectivity index (χ0n) is 11.0. The Labute approximate surface area is 113 Å². The van der Waals surface area contributed by atoms with Crippen molar-refractivity contribution in [3.05, 3.63) is 29.7 Å². The van der Waals surface area contributed by atoms with Gasteiger partial charge in [0.1, 0.15) is 0 Å². The van der Waals surface area contributed by atoms with Gasteiger partial charge in [-0.15, -0.1) is 10.2 Å². The van der Waals surface area contributed by atoms with Crippen LogP contribution in [-0.4, -0.2) is 50.2 Å². The lowest BCUT2D eigenvalue weighted by Crippen LogP contribution is -2.33. The van der Waals surface area contributed by atoms with Crippen LogP contribution in [0.4, 0.5) is 8.78 Å². The molecule has 0 radical (unpaired) electrons. The van der Waals surface area contributed by atoms with Crippen LogP contribution in [0.5, 0.6) is 0 Å². The highest BCUT2D eigenvalue weighted by molar-refractivity contribution is 5.94. The van der Waals surface area contributed by atoms with Crippen molar-refractivity contribution in [2.24, 2.45) is 0 Å². The molecular weight excluding hydrogens is 270 g/mol. The highest BCUT2D eigenvalue weighted by Gasteiger charge is 2.18. The monoisotopic (exact) mass is 284 g/mol. The van der Waals surface area contributed by atoms with E-state index in [1.54, 1.807) is 6.92 Å². The van der Waals surface area contributed by atoms with Crippen LogP contribution in [0.1, 0.15) is 29.5 Å². The first-order chi connectivity index (χ1) is 9.40. The molecule has 1 amide bonds. The SMILES string of the molecule is CC(O)CN(C)C(=O)c1ccc2nnc(C(F)F)n2c1. The Morgan fingerprint density at radius 3 is 2.75 bits per heavy atom. The molecule has 1 unspecified atom stereocenters. The maximum absolute atomic E-state index is 12.7. The number of alkyl halides is 2. The number of rotatable bonds is 4. The topological polar surface area (TPSA) is 70.7 Å². The molecule has 6 nitrogen and oxygen atoms in total. The van der Waals surface area contributed by atoms with Gasteiger partial charge >= 0.3 is 0 Å². The first kappa shape index (κ1) is 14.3. The predicted molar refractivity (Wildman–Crippen MR) is 66.6 cm³/mol. The van der Waals surface area contributed by atoms with E-state index in [1.807, 2.05) is 0 Å². The number of carbonyl (C=O) groups is 1. The van der Waals surface area contributed by atoms with E-state index < -0.39 is 18.4 Å². The summed E-state index contributed by atoms with van der Waals surface area (Å²) >= 11 is 0. The first-order valence-corrected chi connectivity index (χ1v) is 5.96. The minimum absolute atomic E-state index is 0.154. The third-order valence-electron chi connectivity index (χ3n) is 2.76. The van der Waals surface area contributed by atoms with E-state index >= 15 is 0 Å². The number of aliphatic hydroxyl groups excluding tert-OH is 1. The van der Waals surface area contributed by atoms with Gasteiger partial charge in [0.25, 0.3) is 12.3 Å². The predicted octanol–water partition coefficient (Wildman–Crippen LogP) is 1.12. The highest BCUT2D eigenvalue weighted by Crippen LogP contribution is 2.18. The van der Waals surface area contributed by atoms with Gasteiger partial charge < -0.3 is 10.0 Å². The molecule has 108 valence electrons. The Kier molecular flexibility index (Phi) is 3.93. The van der Waals surface area contributed by atoms with Gasteiger partial charge in [-0.3, -0.25) is 9.20 Å². The maximum atomic E-state index is 12.7. The Hall–Kier alpha value is -2.09. The van der Waals surface area contributed by atoms with Crippen molar-refractivity contribution in [1.29, 1.82) is 0 Å². The molecule has 0 aromatic carbocycles. The molecule has 8 heteroatoms. The summed E-state index contributed by atoms with van der Waals surface area (Å²) in [5.74, 6) is -0.880. The molecular formula is C12H14F2N4O2. The summed E-state index contributed by atoms with van der Waals surface area (Å²) in [6, 6.07) is 2.93. The fourth-order valence-electron chi connectivity index (χ4n) is 1.88. The molecule has 1 atom stereocenters. The number of nitrogens with zero attached hydrogens (tertiary/aromatic N) is 4. The van der Waals surface area contributed by atoms with Crippen molar-refractivity contribution in [3.8, 4) is 0 Å². The molecule has 0 saturated heterocycles. The minimum Gasteiger partial charge on any atom is -0.392 e. The second-order valence-corrected chi connectivity index (χ2v) is 4.54. The second kappa shape index (κ2) is 5.49. The number of amides is 1. The normalized spacial score (nSPS) is 12.9. The van der Waals surface area contributed by atoms with Gasteiger partial charge in [0, 0.05) is 19.8 Å². The van der Waals surface area contributed by atoms with E-state index in [1.165, 1.54) is 30.3 Å². The van der Waals surface area contributed by atoms with Crippen molar-refractivity contribution in [3.63, 3.8) is 0 Å². The van der Waals surface area contributed by atoms with Crippen LogP contribution in [0.25, 0.3) is 5.65 Å². The van der Waals surface area contributed by atoms with Crippen LogP contribution >= 0.6 is 0 Å². The molecule has 2 aromatic heterocycles. The van der Waals surface area contributed by atoms with Gasteiger partial charge in [-0.25, -0.2) is 8.78 Å². The standard InChI is InChI=1S/C12H14F2N4O2/c1-7(19)5-17(2)12(20)8-3-4-9-15-16-11(10(13)14)18(9)6-8/h3-4,6-7,10,19H,5H2,1-2H3. The van der Waals surface area contributed by atoms with Gasteiger partial charge in [0.05, 0.1) is 11.7 Å². The number of aromatic nitrogens is 3. The third-order valence-corrected chi connectivity index (χ3v) is 2.76. The van der Waals surface area contributed by atoms with Gasteiger partial charge in [0.2, 0.25) is 5.82 Å². The van der Waals surface area contributed by atoms with Crippen molar-refractivity contribution in [2.45, 2.75) is 19.5 Å². The molecule has 0 aliphatic rings. The maximum Gasteiger partial charge on any atom is 0.297 e. The Bertz CT molecular complexity index is 627. The summed E-state index contributed by atoms with van der Waals surface area (Å²) in [7, 11) is 1.53. The van der Waals surface area contributed by atoms with Gasteiger partial charge in [-0.2, -0.15) is 0 Å². The molecule has 0 bridgehead atoms. The van der Waals surface area contributed by atoms with E-state index in [4.69, 9.17) is 0 Å². The van der Waals surface area contributed by atoms with Crippen LogP contribution in [-0.2, 0) is 0 Å². The smallest absolute Gasteiger partial charge is 0.297 e. The molecule has 1 N–H and O–H groups in total. The number of carbonyl (C=O) groups excluding carboxylic acids is 1.